The Hall–Kier alpha value is -7.63. The van der Waals surface area contributed by atoms with Gasteiger partial charge in [0.25, 0.3) is 0 Å². The molecule has 0 fully saturated rings. The first-order chi connectivity index (χ1) is 27.7. The zero-order valence-electron chi connectivity index (χ0n) is 30.2. The van der Waals surface area contributed by atoms with Crippen molar-refractivity contribution in [3.8, 4) is 62.1 Å². The minimum atomic E-state index is 0.632. The van der Waals surface area contributed by atoms with E-state index in [0.717, 1.165) is 55.4 Å². The second-order valence-electron chi connectivity index (χ2n) is 14.1. The SMILES string of the molecule is c1ccc(-c2ccc3c4ccccc4n(-c4ccc5c(c4)oc4cc(-c6ccc(-c7nc(-c8ccccc8)nc(-c8ccccc8)n7)cc6)ccc45)c3c2)cc1. The smallest absolute Gasteiger partial charge is 0.164 e. The molecule has 0 bridgehead atoms. The molecule has 11 rings (SSSR count). The molecule has 0 aliphatic heterocycles. The molecular formula is C51H32N4O. The van der Waals surface area contributed by atoms with E-state index in [4.69, 9.17) is 19.4 Å². The van der Waals surface area contributed by atoms with Crippen LogP contribution < -0.4 is 0 Å². The van der Waals surface area contributed by atoms with E-state index in [0.29, 0.717) is 17.5 Å². The summed E-state index contributed by atoms with van der Waals surface area (Å²) in [6, 6.07) is 67.5. The Balaban J connectivity index is 0.961. The largest absolute Gasteiger partial charge is 0.456 e. The van der Waals surface area contributed by atoms with Gasteiger partial charge >= 0.3 is 0 Å². The molecule has 0 atom stereocenters. The van der Waals surface area contributed by atoms with Crippen LogP contribution in [0.1, 0.15) is 0 Å². The second-order valence-corrected chi connectivity index (χ2v) is 14.1. The molecule has 3 heterocycles. The lowest BCUT2D eigenvalue weighted by molar-refractivity contribution is 0.669. The number of hydrogen-bond donors (Lipinski definition) is 0. The standard InChI is InChI=1S/C51H32N4O/c1-4-12-33(13-5-1)38-24-27-42-41-18-10-11-19-45(41)55(46(42)30-38)40-26-29-44-43-28-25-39(31-47(43)56-48(44)32-40)34-20-22-37(23-21-34)51-53-49(35-14-6-2-7-15-35)52-50(54-51)36-16-8-3-9-17-36/h1-32H. The summed E-state index contributed by atoms with van der Waals surface area (Å²) in [4.78, 5) is 14.6. The summed E-state index contributed by atoms with van der Waals surface area (Å²) >= 11 is 0. The number of fused-ring (bicyclic) bond motifs is 6. The van der Waals surface area contributed by atoms with E-state index in [1.54, 1.807) is 0 Å². The van der Waals surface area contributed by atoms with Crippen LogP contribution in [0.3, 0.4) is 0 Å². The number of aromatic nitrogens is 4. The van der Waals surface area contributed by atoms with Gasteiger partial charge in [0.15, 0.2) is 17.5 Å². The second kappa shape index (κ2) is 13.0. The molecule has 0 amide bonds. The van der Waals surface area contributed by atoms with Gasteiger partial charge in [-0.05, 0) is 58.7 Å². The zero-order valence-corrected chi connectivity index (χ0v) is 30.2. The zero-order chi connectivity index (χ0) is 37.0. The van der Waals surface area contributed by atoms with Crippen molar-refractivity contribution in [2.45, 2.75) is 0 Å². The Morgan fingerprint density at radius 2 is 0.732 bits per heavy atom. The van der Waals surface area contributed by atoms with Crippen molar-refractivity contribution in [2.75, 3.05) is 0 Å². The molecule has 5 nitrogen and oxygen atoms in total. The van der Waals surface area contributed by atoms with Gasteiger partial charge < -0.3 is 8.98 Å². The number of benzene rings is 8. The molecule has 262 valence electrons. The minimum Gasteiger partial charge on any atom is -0.456 e. The highest BCUT2D eigenvalue weighted by Gasteiger charge is 2.17. The summed E-state index contributed by atoms with van der Waals surface area (Å²) in [5.41, 5.74) is 12.5. The molecule has 0 saturated heterocycles. The molecule has 0 aliphatic rings. The molecule has 0 aliphatic carbocycles. The normalized spacial score (nSPS) is 11.6. The van der Waals surface area contributed by atoms with Crippen LogP contribution in [0.4, 0.5) is 0 Å². The third-order valence-electron chi connectivity index (χ3n) is 10.7. The highest BCUT2D eigenvalue weighted by Crippen LogP contribution is 2.38. The van der Waals surface area contributed by atoms with Crippen LogP contribution in [0.5, 0.6) is 0 Å². The fourth-order valence-corrected chi connectivity index (χ4v) is 7.89. The summed E-state index contributed by atoms with van der Waals surface area (Å²) in [5.74, 6) is 1.92. The molecular weight excluding hydrogens is 685 g/mol. The van der Waals surface area contributed by atoms with E-state index in [-0.39, 0.29) is 0 Å². The Kier molecular flexibility index (Phi) is 7.42. The number of rotatable bonds is 6. The first-order valence-corrected chi connectivity index (χ1v) is 18.8. The van der Waals surface area contributed by atoms with Gasteiger partial charge in [-0.1, -0.05) is 152 Å². The summed E-state index contributed by atoms with van der Waals surface area (Å²) in [6.07, 6.45) is 0. The topological polar surface area (TPSA) is 56.7 Å². The van der Waals surface area contributed by atoms with Crippen LogP contribution in [0, 0.1) is 0 Å². The van der Waals surface area contributed by atoms with E-state index >= 15 is 0 Å². The van der Waals surface area contributed by atoms with E-state index in [2.05, 4.69) is 138 Å². The summed E-state index contributed by atoms with van der Waals surface area (Å²) in [7, 11) is 0. The summed E-state index contributed by atoms with van der Waals surface area (Å²) in [6.45, 7) is 0. The molecule has 0 saturated carbocycles. The molecule has 11 aromatic rings. The number of hydrogen-bond acceptors (Lipinski definition) is 4. The molecule has 0 N–H and O–H groups in total. The van der Waals surface area contributed by atoms with Crippen LogP contribution >= 0.6 is 0 Å². The van der Waals surface area contributed by atoms with Gasteiger partial charge in [0.2, 0.25) is 0 Å². The monoisotopic (exact) mass is 716 g/mol. The van der Waals surface area contributed by atoms with E-state index in [1.165, 1.54) is 32.9 Å². The Morgan fingerprint density at radius 1 is 0.304 bits per heavy atom. The van der Waals surface area contributed by atoms with E-state index in [9.17, 15) is 0 Å². The molecule has 8 aromatic carbocycles. The summed E-state index contributed by atoms with van der Waals surface area (Å²) < 4.78 is 8.99. The van der Waals surface area contributed by atoms with Crippen LogP contribution in [0.25, 0.3) is 106 Å². The predicted molar refractivity (Wildman–Crippen MR) is 229 cm³/mol. The highest BCUT2D eigenvalue weighted by molar-refractivity contribution is 6.11. The van der Waals surface area contributed by atoms with Crippen molar-refractivity contribution < 1.29 is 4.42 Å². The Bertz CT molecular complexity index is 3160. The average molecular weight is 717 g/mol. The number of furan rings is 1. The van der Waals surface area contributed by atoms with Gasteiger partial charge in [0, 0.05) is 50.0 Å². The van der Waals surface area contributed by atoms with Gasteiger partial charge in [-0.25, -0.2) is 15.0 Å². The van der Waals surface area contributed by atoms with Gasteiger partial charge in [-0.3, -0.25) is 0 Å². The van der Waals surface area contributed by atoms with Crippen LogP contribution in [-0.4, -0.2) is 19.5 Å². The Morgan fingerprint density at radius 3 is 1.38 bits per heavy atom. The quantitative estimate of drug-likeness (QED) is 0.172. The fourth-order valence-electron chi connectivity index (χ4n) is 7.89. The molecule has 0 unspecified atom stereocenters. The van der Waals surface area contributed by atoms with Crippen molar-refractivity contribution in [2.24, 2.45) is 0 Å². The first-order valence-electron chi connectivity index (χ1n) is 18.8. The van der Waals surface area contributed by atoms with Crippen molar-refractivity contribution in [1.82, 2.24) is 19.5 Å². The van der Waals surface area contributed by atoms with Gasteiger partial charge in [-0.15, -0.1) is 0 Å². The lowest BCUT2D eigenvalue weighted by Crippen LogP contribution is -2.00. The van der Waals surface area contributed by atoms with E-state index < -0.39 is 0 Å². The van der Waals surface area contributed by atoms with E-state index in [1.807, 2.05) is 60.7 Å². The van der Waals surface area contributed by atoms with Crippen molar-refractivity contribution >= 4 is 43.7 Å². The number of para-hydroxylation sites is 1. The van der Waals surface area contributed by atoms with Crippen molar-refractivity contribution in [3.63, 3.8) is 0 Å². The highest BCUT2D eigenvalue weighted by atomic mass is 16.3. The van der Waals surface area contributed by atoms with Crippen LogP contribution in [-0.2, 0) is 0 Å². The van der Waals surface area contributed by atoms with Gasteiger partial charge in [-0.2, -0.15) is 0 Å². The van der Waals surface area contributed by atoms with Crippen LogP contribution in [0.2, 0.25) is 0 Å². The maximum absolute atomic E-state index is 6.63. The minimum absolute atomic E-state index is 0.632. The maximum atomic E-state index is 6.63. The molecule has 5 heteroatoms. The average Bonchev–Trinajstić information content (AvgIpc) is 3.81. The fraction of sp³-hybridized carbons (Fsp3) is 0. The lowest BCUT2D eigenvalue weighted by Gasteiger charge is -2.09. The maximum Gasteiger partial charge on any atom is 0.164 e. The predicted octanol–water partition coefficient (Wildman–Crippen LogP) is 13.2. The summed E-state index contributed by atoms with van der Waals surface area (Å²) in [5, 5.41) is 4.64. The third-order valence-corrected chi connectivity index (χ3v) is 10.7. The molecule has 3 aromatic heterocycles. The molecule has 56 heavy (non-hydrogen) atoms. The molecule has 0 radical (unpaired) electrons. The van der Waals surface area contributed by atoms with Crippen molar-refractivity contribution in [1.29, 1.82) is 0 Å². The van der Waals surface area contributed by atoms with Gasteiger partial charge in [0.1, 0.15) is 11.2 Å². The third kappa shape index (κ3) is 5.45. The van der Waals surface area contributed by atoms with Gasteiger partial charge in [0.05, 0.1) is 11.0 Å². The Labute approximate surface area is 322 Å². The first kappa shape index (κ1) is 31.9. The lowest BCUT2D eigenvalue weighted by atomic mass is 10.0. The van der Waals surface area contributed by atoms with Crippen LogP contribution in [0.15, 0.2) is 199 Å². The van der Waals surface area contributed by atoms with Crippen molar-refractivity contribution in [3.05, 3.63) is 194 Å². The number of nitrogens with zero attached hydrogens (tertiary/aromatic N) is 4. The molecule has 0 spiro atoms.